The molecule has 16 N–H and O–H groups in total. The average molecular weight is 868 g/mol. The molecule has 0 saturated heterocycles. The van der Waals surface area contributed by atoms with Gasteiger partial charge in [0.15, 0.2) is 0 Å². The molecule has 0 heterocycles. The first-order valence-corrected chi connectivity index (χ1v) is 18.8. The van der Waals surface area contributed by atoms with E-state index in [4.69, 9.17) is 10.8 Å². The minimum absolute atomic E-state index is 0.0528. The summed E-state index contributed by atoms with van der Waals surface area (Å²) in [6.45, 7) is 6.19. The molecule has 0 spiro atoms. The van der Waals surface area contributed by atoms with Crippen LogP contribution in [0.25, 0.3) is 0 Å². The van der Waals surface area contributed by atoms with E-state index in [0.29, 0.717) is 0 Å². The second-order valence-corrected chi connectivity index (χ2v) is 14.3. The molecule has 336 valence electrons. The van der Waals surface area contributed by atoms with Crippen LogP contribution in [-0.2, 0) is 47.9 Å². The lowest BCUT2D eigenvalue weighted by atomic mass is 10.0. The lowest BCUT2D eigenvalue weighted by molar-refractivity contribution is -0.147. The molecule has 0 rings (SSSR count). The van der Waals surface area contributed by atoms with Crippen LogP contribution in [0.4, 0.5) is 0 Å². The number of hydrogen-bond acceptors (Lipinski definition) is 16. The van der Waals surface area contributed by atoms with Gasteiger partial charge in [0.05, 0.1) is 37.9 Å². The van der Waals surface area contributed by atoms with Crippen LogP contribution in [0.3, 0.4) is 0 Å². The third-order valence-electron chi connectivity index (χ3n) is 8.11. The number of nitrogens with one attached hydrogen (secondary N) is 8. The lowest BCUT2D eigenvalue weighted by Gasteiger charge is -2.28. The molecule has 0 aliphatic heterocycles. The van der Waals surface area contributed by atoms with Crippen LogP contribution in [0, 0.1) is 5.92 Å². The van der Waals surface area contributed by atoms with Crippen LogP contribution >= 0.6 is 12.6 Å². The van der Waals surface area contributed by atoms with Crippen molar-refractivity contribution >= 4 is 71.8 Å². The van der Waals surface area contributed by atoms with Gasteiger partial charge in [0, 0.05) is 5.75 Å². The minimum atomic E-state index is -1.88. The molecule has 0 unspecified atom stereocenters. The summed E-state index contributed by atoms with van der Waals surface area (Å²) in [6.07, 6.45) is -5.60. The molecule has 0 aromatic rings. The highest BCUT2D eigenvalue weighted by molar-refractivity contribution is 7.80. The van der Waals surface area contributed by atoms with Crippen molar-refractivity contribution in [2.45, 2.75) is 121 Å². The highest BCUT2D eigenvalue weighted by atomic mass is 32.1. The fraction of sp³-hybridized carbons (Fsp3) is 0.697. The standard InChI is InChI=1S/C33H57N9O16S/c1-12(2)7-17(27(51)39-18(33(57)58)8-22(48)49)38-29(53)20(11-59)40-31(55)24(15(5)45)42-32(56)25(16(6)46)41-28(52)19(10-43)37-21(47)9-35-26(50)13(3)36-30(54)23(34)14(4)44/h12-20,23-25,43-46,59H,7-11,34H2,1-6H3,(H,35,50)(H,36,54)(H,37,47)(H,38,53)(H,39,51)(H,40,55)(H,41,52)(H,42,56)(H,48,49)(H,57,58)/t13-,14+,15+,16+,17-,18-,19-,20-,23-,24-,25-/m0/s1. The molecule has 8 amide bonds. The van der Waals surface area contributed by atoms with Crippen molar-refractivity contribution < 1.29 is 78.6 Å². The van der Waals surface area contributed by atoms with Crippen molar-refractivity contribution in [2.24, 2.45) is 11.7 Å². The topological polar surface area (TPSA) is 414 Å². The van der Waals surface area contributed by atoms with Crippen LogP contribution in [-0.4, -0.2) is 175 Å². The Morgan fingerprint density at radius 3 is 1.46 bits per heavy atom. The van der Waals surface area contributed by atoms with Crippen LogP contribution in [0.5, 0.6) is 0 Å². The number of aliphatic hydroxyl groups is 4. The molecule has 0 saturated carbocycles. The Morgan fingerprint density at radius 1 is 0.559 bits per heavy atom. The minimum Gasteiger partial charge on any atom is -0.481 e. The zero-order valence-corrected chi connectivity index (χ0v) is 34.1. The van der Waals surface area contributed by atoms with E-state index in [1.54, 1.807) is 13.8 Å². The fourth-order valence-electron chi connectivity index (χ4n) is 4.74. The van der Waals surface area contributed by atoms with E-state index in [1.165, 1.54) is 13.8 Å². The summed E-state index contributed by atoms with van der Waals surface area (Å²) in [5.41, 5.74) is 5.50. The quantitative estimate of drug-likeness (QED) is 0.0359. The number of nitrogens with two attached hydrogens (primary N) is 1. The average Bonchev–Trinajstić information content (AvgIpc) is 3.13. The maximum atomic E-state index is 13.3. The van der Waals surface area contributed by atoms with Crippen molar-refractivity contribution in [2.75, 3.05) is 18.9 Å². The zero-order chi connectivity index (χ0) is 45.9. The first-order chi connectivity index (χ1) is 27.3. The second-order valence-electron chi connectivity index (χ2n) is 13.9. The van der Waals surface area contributed by atoms with E-state index >= 15 is 0 Å². The van der Waals surface area contributed by atoms with Crippen molar-refractivity contribution in [1.29, 1.82) is 0 Å². The third-order valence-corrected chi connectivity index (χ3v) is 8.47. The van der Waals surface area contributed by atoms with Crippen LogP contribution in [0.2, 0.25) is 0 Å². The number of hydrogen-bond donors (Lipinski definition) is 16. The third kappa shape index (κ3) is 19.4. The molecule has 0 fully saturated rings. The first kappa shape index (κ1) is 53.9. The van der Waals surface area contributed by atoms with Crippen molar-refractivity contribution in [3.63, 3.8) is 0 Å². The predicted molar refractivity (Wildman–Crippen MR) is 205 cm³/mol. The molecule has 25 nitrogen and oxygen atoms in total. The molecule has 0 aromatic heterocycles. The first-order valence-electron chi connectivity index (χ1n) is 18.1. The van der Waals surface area contributed by atoms with Gasteiger partial charge in [-0.3, -0.25) is 43.2 Å². The second kappa shape index (κ2) is 26.1. The molecule has 0 aliphatic rings. The summed E-state index contributed by atoms with van der Waals surface area (Å²) in [7, 11) is 0. The number of rotatable bonds is 26. The highest BCUT2D eigenvalue weighted by Gasteiger charge is 2.36. The SMILES string of the molecule is CC(C)C[C@H](NC(=O)[C@H](CS)NC(=O)[C@@H](NC(=O)[C@@H](NC(=O)[C@H](CO)NC(=O)CNC(=O)[C@H](C)NC(=O)[C@@H](N)[C@@H](C)O)[C@@H](C)O)[C@@H](C)O)C(=O)N[C@@H](CC(=O)O)C(=O)O. The van der Waals surface area contributed by atoms with Crippen molar-refractivity contribution in [3.05, 3.63) is 0 Å². The predicted octanol–water partition coefficient (Wildman–Crippen LogP) is -7.49. The monoisotopic (exact) mass is 867 g/mol. The van der Waals surface area contributed by atoms with Gasteiger partial charge < -0.3 is 78.9 Å². The van der Waals surface area contributed by atoms with Gasteiger partial charge >= 0.3 is 11.9 Å². The summed E-state index contributed by atoms with van der Waals surface area (Å²) in [5.74, 6) is -12.3. The van der Waals surface area contributed by atoms with E-state index in [1.807, 2.05) is 5.32 Å². The summed E-state index contributed by atoms with van der Waals surface area (Å²) in [6, 6.07) is -12.8. The maximum absolute atomic E-state index is 13.3. The molecule has 0 bridgehead atoms. The van der Waals surface area contributed by atoms with Gasteiger partial charge in [0.25, 0.3) is 0 Å². The van der Waals surface area contributed by atoms with Gasteiger partial charge in [-0.15, -0.1) is 0 Å². The molecular weight excluding hydrogens is 810 g/mol. The Morgan fingerprint density at radius 2 is 1.02 bits per heavy atom. The molecule has 0 aliphatic carbocycles. The summed E-state index contributed by atoms with van der Waals surface area (Å²) in [4.78, 5) is 125. The highest BCUT2D eigenvalue weighted by Crippen LogP contribution is 2.08. The number of aliphatic hydroxyl groups excluding tert-OH is 4. The van der Waals surface area contributed by atoms with E-state index in [-0.39, 0.29) is 12.3 Å². The Labute approximate surface area is 344 Å². The Balaban J connectivity index is 5.72. The zero-order valence-electron chi connectivity index (χ0n) is 33.3. The van der Waals surface area contributed by atoms with Crippen LogP contribution in [0.15, 0.2) is 0 Å². The normalized spacial score (nSPS) is 16.7. The number of thiol groups is 1. The van der Waals surface area contributed by atoms with Gasteiger partial charge in [-0.25, -0.2) is 4.79 Å². The molecule has 11 atom stereocenters. The molecule has 59 heavy (non-hydrogen) atoms. The van der Waals surface area contributed by atoms with Gasteiger partial charge in [-0.2, -0.15) is 12.6 Å². The number of carbonyl (C=O) groups is 10. The van der Waals surface area contributed by atoms with Gasteiger partial charge in [-0.1, -0.05) is 13.8 Å². The number of carboxylic acids is 2. The van der Waals surface area contributed by atoms with E-state index in [0.717, 1.165) is 13.8 Å². The summed E-state index contributed by atoms with van der Waals surface area (Å²) < 4.78 is 0. The lowest BCUT2D eigenvalue weighted by Crippen LogP contribution is -2.63. The molecular formula is C33H57N9O16S. The number of amides is 8. The van der Waals surface area contributed by atoms with Crippen molar-refractivity contribution in [1.82, 2.24) is 42.5 Å². The van der Waals surface area contributed by atoms with Crippen LogP contribution in [0.1, 0.15) is 54.4 Å². The maximum Gasteiger partial charge on any atom is 0.326 e. The van der Waals surface area contributed by atoms with E-state index in [2.05, 4.69) is 49.8 Å². The fourth-order valence-corrected chi connectivity index (χ4v) is 5.00. The van der Waals surface area contributed by atoms with Crippen molar-refractivity contribution in [3.8, 4) is 0 Å². The molecule has 0 radical (unpaired) electrons. The Bertz CT molecular complexity index is 1520. The van der Waals surface area contributed by atoms with Gasteiger partial charge in [0.2, 0.25) is 47.3 Å². The smallest absolute Gasteiger partial charge is 0.326 e. The van der Waals surface area contributed by atoms with E-state index in [9.17, 15) is 73.5 Å². The van der Waals surface area contributed by atoms with Gasteiger partial charge in [-0.05, 0) is 40.0 Å². The Kier molecular flexibility index (Phi) is 23.8. The van der Waals surface area contributed by atoms with Crippen LogP contribution < -0.4 is 48.3 Å². The largest absolute Gasteiger partial charge is 0.481 e. The summed E-state index contributed by atoms with van der Waals surface area (Å²) in [5, 5.41) is 75.5. The molecule has 26 heteroatoms. The van der Waals surface area contributed by atoms with Gasteiger partial charge in [0.1, 0.15) is 48.3 Å². The number of carboxylic acid groups (broad SMARTS) is 2. The number of carbonyl (C=O) groups excluding carboxylic acids is 8. The Hall–Kier alpha value is -5.15. The summed E-state index contributed by atoms with van der Waals surface area (Å²) >= 11 is 4.04. The van der Waals surface area contributed by atoms with E-state index < -0.39 is 151 Å². The molecule has 0 aromatic carbocycles. The number of aliphatic carboxylic acids is 2.